The van der Waals surface area contributed by atoms with Crippen LogP contribution in [0.3, 0.4) is 0 Å². The number of methoxy groups -OCH3 is 1. The van der Waals surface area contributed by atoms with Crippen molar-refractivity contribution in [3.63, 3.8) is 0 Å². The third-order valence-corrected chi connectivity index (χ3v) is 5.57. The third-order valence-electron chi connectivity index (χ3n) is 5.57. The average molecular weight is 431 g/mol. The van der Waals surface area contributed by atoms with Crippen LogP contribution in [0.4, 0.5) is 20.7 Å². The van der Waals surface area contributed by atoms with Gasteiger partial charge < -0.3 is 19.3 Å². The number of nitrogens with zero attached hydrogens (tertiary/aromatic N) is 7. The molecule has 0 N–H and O–H groups in total. The molecule has 0 amide bonds. The van der Waals surface area contributed by atoms with Crippen LogP contribution in [0.1, 0.15) is 25.1 Å². The van der Waals surface area contributed by atoms with Crippen LogP contribution in [0.15, 0.2) is 18.2 Å². The molecule has 0 saturated carbocycles. The molecule has 0 bridgehead atoms. The first-order chi connectivity index (χ1) is 15.2. The van der Waals surface area contributed by atoms with Crippen LogP contribution in [0.2, 0.25) is 0 Å². The lowest BCUT2D eigenvalue weighted by molar-refractivity contribution is 0.122. The van der Waals surface area contributed by atoms with Crippen molar-refractivity contribution >= 4 is 22.9 Å². The Labute approximate surface area is 177 Å². The number of alkyl halides is 2. The molecule has 9 nitrogen and oxygen atoms in total. The number of hydrogen-bond donors (Lipinski definition) is 0. The van der Waals surface area contributed by atoms with Crippen LogP contribution >= 0.6 is 0 Å². The van der Waals surface area contributed by atoms with Gasteiger partial charge in [0.25, 0.3) is 6.43 Å². The van der Waals surface area contributed by atoms with Crippen LogP contribution in [0, 0.1) is 0 Å². The second kappa shape index (κ2) is 8.22. The fourth-order valence-corrected chi connectivity index (χ4v) is 4.02. The van der Waals surface area contributed by atoms with Gasteiger partial charge in [0.1, 0.15) is 11.3 Å². The minimum atomic E-state index is -2.81. The molecule has 31 heavy (non-hydrogen) atoms. The number of rotatable bonds is 5. The summed E-state index contributed by atoms with van der Waals surface area (Å²) in [5, 5.41) is 0. The monoisotopic (exact) mass is 431 g/mol. The highest BCUT2D eigenvalue weighted by atomic mass is 19.3. The number of morpholine rings is 1. The number of hydrogen-bond acceptors (Lipinski definition) is 8. The Morgan fingerprint density at radius 3 is 2.19 bits per heavy atom. The molecule has 3 aromatic rings. The van der Waals surface area contributed by atoms with Gasteiger partial charge in [-0.3, -0.25) is 4.57 Å². The van der Waals surface area contributed by atoms with E-state index in [-0.39, 0.29) is 5.95 Å². The summed E-state index contributed by atoms with van der Waals surface area (Å²) in [7, 11) is 1.49. The number of aromatic nitrogens is 5. The van der Waals surface area contributed by atoms with Crippen molar-refractivity contribution < 1.29 is 18.3 Å². The summed E-state index contributed by atoms with van der Waals surface area (Å²) in [6.45, 7) is 4.03. The highest BCUT2D eigenvalue weighted by Gasteiger charge is 2.27. The predicted molar refractivity (Wildman–Crippen MR) is 110 cm³/mol. The summed E-state index contributed by atoms with van der Waals surface area (Å²) in [4.78, 5) is 22.1. The molecule has 1 aromatic carbocycles. The molecule has 2 saturated heterocycles. The molecule has 0 unspecified atom stereocenters. The minimum absolute atomic E-state index is 0.129. The van der Waals surface area contributed by atoms with Gasteiger partial charge in [0.2, 0.25) is 17.8 Å². The zero-order chi connectivity index (χ0) is 21.4. The Hall–Kier alpha value is -3.08. The fraction of sp³-hybridized carbons (Fsp3) is 0.500. The number of halogens is 2. The fourth-order valence-electron chi connectivity index (χ4n) is 4.02. The van der Waals surface area contributed by atoms with E-state index in [2.05, 4.69) is 24.8 Å². The van der Waals surface area contributed by atoms with Gasteiger partial charge in [-0.25, -0.2) is 13.8 Å². The summed E-state index contributed by atoms with van der Waals surface area (Å²) in [6, 6.07) is 5.14. The molecule has 164 valence electrons. The van der Waals surface area contributed by atoms with Gasteiger partial charge in [0.15, 0.2) is 5.82 Å². The highest BCUT2D eigenvalue weighted by molar-refractivity contribution is 5.84. The van der Waals surface area contributed by atoms with E-state index >= 15 is 0 Å². The van der Waals surface area contributed by atoms with E-state index in [0.717, 1.165) is 25.9 Å². The van der Waals surface area contributed by atoms with E-state index in [0.29, 0.717) is 55.0 Å². The van der Waals surface area contributed by atoms with Crippen LogP contribution in [0.25, 0.3) is 17.0 Å². The van der Waals surface area contributed by atoms with Gasteiger partial charge in [0.05, 0.1) is 25.8 Å². The van der Waals surface area contributed by atoms with Crippen LogP contribution in [-0.2, 0) is 4.74 Å². The highest BCUT2D eigenvalue weighted by Crippen LogP contribution is 2.32. The Bertz CT molecular complexity index is 1080. The Morgan fingerprint density at radius 2 is 1.55 bits per heavy atom. The first-order valence-corrected chi connectivity index (χ1v) is 10.3. The van der Waals surface area contributed by atoms with Crippen LogP contribution < -0.4 is 14.5 Å². The molecule has 2 aliphatic rings. The van der Waals surface area contributed by atoms with Crippen molar-refractivity contribution in [1.29, 1.82) is 0 Å². The molecule has 4 heterocycles. The van der Waals surface area contributed by atoms with E-state index < -0.39 is 12.2 Å². The molecule has 5 rings (SSSR count). The Kier molecular flexibility index (Phi) is 5.26. The van der Waals surface area contributed by atoms with Gasteiger partial charge in [0, 0.05) is 26.2 Å². The Balaban J connectivity index is 1.71. The van der Waals surface area contributed by atoms with Crippen molar-refractivity contribution in [3.8, 4) is 11.7 Å². The second-order valence-corrected chi connectivity index (χ2v) is 7.46. The normalized spacial score (nSPS) is 17.2. The standard InChI is InChI=1S/C20H23F2N7O2/c1-30-14-6-4-5-13-15(14)23-17(16(21)22)29(13)20-25-18(27-7-2-3-8-27)24-19(26-20)28-9-11-31-12-10-28/h4-6,16H,2-3,7-12H2,1H3. The molecule has 0 aliphatic carbocycles. The van der Waals surface area contributed by atoms with E-state index in [1.165, 1.54) is 11.7 Å². The van der Waals surface area contributed by atoms with E-state index in [1.807, 2.05) is 4.90 Å². The number of ether oxygens (including phenoxy) is 2. The zero-order valence-corrected chi connectivity index (χ0v) is 17.2. The van der Waals surface area contributed by atoms with Crippen molar-refractivity contribution in [1.82, 2.24) is 24.5 Å². The van der Waals surface area contributed by atoms with Gasteiger partial charge in [-0.15, -0.1) is 0 Å². The quantitative estimate of drug-likeness (QED) is 0.610. The maximum absolute atomic E-state index is 14.0. The average Bonchev–Trinajstić information content (AvgIpc) is 3.47. The maximum atomic E-state index is 14.0. The number of benzene rings is 1. The van der Waals surface area contributed by atoms with Gasteiger partial charge in [-0.2, -0.15) is 15.0 Å². The summed E-state index contributed by atoms with van der Waals surface area (Å²) in [5.41, 5.74) is 0.803. The topological polar surface area (TPSA) is 81.4 Å². The SMILES string of the molecule is COc1cccc2c1nc(C(F)F)n2-c1nc(N2CCCC2)nc(N2CCOCC2)n1. The first kappa shape index (κ1) is 19.9. The molecule has 2 fully saturated rings. The molecular weight excluding hydrogens is 408 g/mol. The largest absolute Gasteiger partial charge is 0.494 e. The van der Waals surface area contributed by atoms with Gasteiger partial charge in [-0.05, 0) is 25.0 Å². The van der Waals surface area contributed by atoms with E-state index in [1.54, 1.807) is 18.2 Å². The van der Waals surface area contributed by atoms with Crippen LogP contribution in [-0.4, -0.2) is 71.0 Å². The molecule has 11 heteroatoms. The Morgan fingerprint density at radius 1 is 0.903 bits per heavy atom. The van der Waals surface area contributed by atoms with Gasteiger partial charge >= 0.3 is 0 Å². The molecule has 0 atom stereocenters. The van der Waals surface area contributed by atoms with E-state index in [4.69, 9.17) is 9.47 Å². The van der Waals surface area contributed by atoms with Crippen LogP contribution in [0.5, 0.6) is 5.75 Å². The van der Waals surface area contributed by atoms with Crippen molar-refractivity contribution in [2.24, 2.45) is 0 Å². The number of anilines is 2. The summed E-state index contributed by atoms with van der Waals surface area (Å²) in [5.74, 6) is 1.07. The number of imidazole rings is 1. The molecule has 2 aromatic heterocycles. The molecule has 2 aliphatic heterocycles. The summed E-state index contributed by atoms with van der Waals surface area (Å²) >= 11 is 0. The predicted octanol–water partition coefficient (Wildman–Crippen LogP) is 2.59. The third kappa shape index (κ3) is 3.62. The lowest BCUT2D eigenvalue weighted by Crippen LogP contribution is -2.38. The molecular formula is C20H23F2N7O2. The zero-order valence-electron chi connectivity index (χ0n) is 17.2. The lowest BCUT2D eigenvalue weighted by Gasteiger charge is -2.28. The maximum Gasteiger partial charge on any atom is 0.296 e. The minimum Gasteiger partial charge on any atom is -0.494 e. The second-order valence-electron chi connectivity index (χ2n) is 7.46. The van der Waals surface area contributed by atoms with Crippen molar-refractivity contribution in [2.75, 3.05) is 56.3 Å². The van der Waals surface area contributed by atoms with E-state index in [9.17, 15) is 8.78 Å². The molecule has 0 radical (unpaired) electrons. The number of para-hydroxylation sites is 1. The van der Waals surface area contributed by atoms with Crippen molar-refractivity contribution in [2.45, 2.75) is 19.3 Å². The van der Waals surface area contributed by atoms with Crippen molar-refractivity contribution in [3.05, 3.63) is 24.0 Å². The summed E-state index contributed by atoms with van der Waals surface area (Å²) < 4.78 is 40.1. The first-order valence-electron chi connectivity index (χ1n) is 10.3. The lowest BCUT2D eigenvalue weighted by atomic mass is 10.3. The smallest absolute Gasteiger partial charge is 0.296 e. The molecule has 0 spiro atoms. The van der Waals surface area contributed by atoms with Gasteiger partial charge in [-0.1, -0.05) is 6.07 Å². The number of fused-ring (bicyclic) bond motifs is 1. The summed E-state index contributed by atoms with van der Waals surface area (Å²) in [6.07, 6.45) is -0.723.